The highest BCUT2D eigenvalue weighted by Crippen LogP contribution is 2.56. The quantitative estimate of drug-likeness (QED) is 0.1000. The van der Waals surface area contributed by atoms with E-state index in [2.05, 4.69) is 18.9 Å². The van der Waals surface area contributed by atoms with Gasteiger partial charge in [0.05, 0.1) is 19.5 Å². The van der Waals surface area contributed by atoms with Crippen LogP contribution in [0.5, 0.6) is 23.0 Å². The first-order valence-electron chi connectivity index (χ1n) is 14.2. The molecular formula is C32H8F12N4O4S5. The number of hydrogen-bond acceptors (Lipinski definition) is 13. The number of hydrogen-bond donors (Lipinski definition) is 0. The second kappa shape index (κ2) is 16.0. The highest BCUT2D eigenvalue weighted by molar-refractivity contribution is 7.30. The van der Waals surface area contributed by atoms with Gasteiger partial charge in [0.1, 0.15) is 35.4 Å². The summed E-state index contributed by atoms with van der Waals surface area (Å²) in [6.45, 7) is 0. The lowest BCUT2D eigenvalue weighted by Crippen LogP contribution is -2.21. The van der Waals surface area contributed by atoms with Crippen molar-refractivity contribution in [2.75, 3.05) is 0 Å². The maximum Gasteiger partial charge on any atom is 0.573 e. The fraction of sp³-hybridized carbons (Fsp3) is 0.125. The molecule has 0 saturated carbocycles. The molecule has 0 aliphatic rings. The lowest BCUT2D eigenvalue weighted by Gasteiger charge is -2.14. The number of halogens is 12. The summed E-state index contributed by atoms with van der Waals surface area (Å²) in [5.74, 6) is -5.68. The van der Waals surface area contributed by atoms with Crippen molar-refractivity contribution in [1.29, 1.82) is 21.0 Å². The minimum Gasteiger partial charge on any atom is -0.400 e. The van der Waals surface area contributed by atoms with Crippen LogP contribution in [0.3, 0.4) is 0 Å². The summed E-state index contributed by atoms with van der Waals surface area (Å²) in [6.07, 6.45) is -20.9. The van der Waals surface area contributed by atoms with E-state index in [0.29, 0.717) is 54.3 Å². The van der Waals surface area contributed by atoms with Crippen LogP contribution in [0.1, 0.15) is 9.75 Å². The van der Waals surface area contributed by atoms with Crippen LogP contribution in [-0.4, -0.2) is 25.4 Å². The fourth-order valence-corrected chi connectivity index (χ4v) is 10.0. The van der Waals surface area contributed by atoms with Gasteiger partial charge < -0.3 is 18.9 Å². The summed E-state index contributed by atoms with van der Waals surface area (Å²) in [6, 6.07) is 13.9. The standard InChI is InChI=1S/C32H8F12N4O4S5/c33-29(34,35)49-23-21(7-13(9-45)10-46)56-27(25(23)51-31(39,40)41)19-5-3-17(54-19)15-1-2-16(53-15)18-4-6-20(55-18)28-26(52-32(42,43)44)24(50-30(36,37)38)22(57-28)8-14(11-47)12-48/h1-8H. The second-order valence-corrected chi connectivity index (χ2v) is 15.5. The zero-order chi connectivity index (χ0) is 42.1. The molecule has 0 fully saturated rings. The monoisotopic (exact) mass is 900 g/mol. The SMILES string of the molecule is N#CC(C#N)=Cc1sc(-c2ccc(-c3ccc(-c4ccc(-c5sc(C=C(C#N)C#N)c(OC(F)(F)F)c5OC(F)(F)F)s4)s3)s2)c(OC(F)(F)F)c1OC(F)(F)F. The zero-order valence-electron chi connectivity index (χ0n) is 26.6. The van der Waals surface area contributed by atoms with E-state index in [0.717, 1.165) is 34.0 Å². The molecule has 0 aliphatic carbocycles. The number of nitriles is 4. The normalized spacial score (nSPS) is 11.8. The fourth-order valence-electron chi connectivity index (χ4n) is 4.42. The van der Waals surface area contributed by atoms with Crippen molar-refractivity contribution in [1.82, 2.24) is 0 Å². The van der Waals surface area contributed by atoms with Crippen molar-refractivity contribution in [2.24, 2.45) is 0 Å². The summed E-state index contributed by atoms with van der Waals surface area (Å²) in [5.41, 5.74) is -1.52. The summed E-state index contributed by atoms with van der Waals surface area (Å²) < 4.78 is 176. The Bertz CT molecular complexity index is 2350. The summed E-state index contributed by atoms with van der Waals surface area (Å²) in [4.78, 5) is -0.934. The molecule has 57 heavy (non-hydrogen) atoms. The Hall–Kier alpha value is -5.70. The van der Waals surface area contributed by atoms with Gasteiger partial charge in [-0.15, -0.1) is 109 Å². The number of alkyl halides is 12. The number of allylic oxidation sites excluding steroid dienone is 2. The maximum atomic E-state index is 13.5. The molecule has 25 heteroatoms. The molecule has 0 radical (unpaired) electrons. The van der Waals surface area contributed by atoms with Gasteiger partial charge in [0.2, 0.25) is 0 Å². The first-order valence-corrected chi connectivity index (χ1v) is 18.3. The van der Waals surface area contributed by atoms with Crippen LogP contribution in [0.4, 0.5) is 52.7 Å². The average molecular weight is 901 g/mol. The molecule has 5 aromatic rings. The van der Waals surface area contributed by atoms with Crippen LogP contribution in [0, 0.1) is 45.3 Å². The Morgan fingerprint density at radius 2 is 0.649 bits per heavy atom. The number of nitrogens with zero attached hydrogens (tertiary/aromatic N) is 4. The molecule has 0 amide bonds. The number of thiophene rings is 5. The Morgan fingerprint density at radius 3 is 0.912 bits per heavy atom. The van der Waals surface area contributed by atoms with Gasteiger partial charge >= 0.3 is 25.4 Å². The van der Waals surface area contributed by atoms with Gasteiger partial charge in [0.15, 0.2) is 23.0 Å². The van der Waals surface area contributed by atoms with Crippen molar-refractivity contribution in [3.8, 4) is 86.3 Å². The predicted molar refractivity (Wildman–Crippen MR) is 183 cm³/mol. The third-order valence-electron chi connectivity index (χ3n) is 6.35. The molecule has 0 saturated heterocycles. The topological polar surface area (TPSA) is 132 Å². The Morgan fingerprint density at radius 1 is 0.404 bits per heavy atom. The molecule has 0 spiro atoms. The van der Waals surface area contributed by atoms with Crippen LogP contribution >= 0.6 is 56.7 Å². The molecule has 294 valence electrons. The predicted octanol–water partition coefficient (Wildman–Crippen LogP) is 13.1. The largest absolute Gasteiger partial charge is 0.573 e. The van der Waals surface area contributed by atoms with Gasteiger partial charge in [-0.2, -0.15) is 21.0 Å². The lowest BCUT2D eigenvalue weighted by molar-refractivity contribution is -0.286. The molecule has 0 aliphatic heterocycles. The highest BCUT2D eigenvalue weighted by Gasteiger charge is 2.42. The smallest absolute Gasteiger partial charge is 0.400 e. The Balaban J connectivity index is 1.56. The van der Waals surface area contributed by atoms with Crippen LogP contribution in [0.25, 0.3) is 51.2 Å². The molecular weight excluding hydrogens is 893 g/mol. The molecule has 5 aromatic heterocycles. The van der Waals surface area contributed by atoms with E-state index in [4.69, 9.17) is 21.0 Å². The van der Waals surface area contributed by atoms with Gasteiger partial charge in [-0.25, -0.2) is 0 Å². The Kier molecular flexibility index (Phi) is 11.9. The molecule has 8 nitrogen and oxygen atoms in total. The minimum absolute atomic E-state index is 0.0580. The summed E-state index contributed by atoms with van der Waals surface area (Å²) in [7, 11) is 0. The molecule has 0 N–H and O–H groups in total. The van der Waals surface area contributed by atoms with Crippen LogP contribution in [-0.2, 0) is 0 Å². The van der Waals surface area contributed by atoms with Crippen molar-refractivity contribution in [3.63, 3.8) is 0 Å². The average Bonchev–Trinajstić information content (AvgIpc) is 3.93. The van der Waals surface area contributed by atoms with E-state index in [1.165, 1.54) is 60.7 Å². The lowest BCUT2D eigenvalue weighted by atomic mass is 10.2. The van der Waals surface area contributed by atoms with Crippen LogP contribution in [0.2, 0.25) is 0 Å². The van der Waals surface area contributed by atoms with Crippen molar-refractivity contribution >= 4 is 68.8 Å². The first-order chi connectivity index (χ1) is 26.5. The molecule has 0 unspecified atom stereocenters. The van der Waals surface area contributed by atoms with Crippen molar-refractivity contribution in [3.05, 3.63) is 57.3 Å². The minimum atomic E-state index is -5.52. The van der Waals surface area contributed by atoms with E-state index >= 15 is 0 Å². The third-order valence-corrected chi connectivity index (χ3v) is 12.6. The van der Waals surface area contributed by atoms with Gasteiger partial charge in [-0.3, -0.25) is 0 Å². The zero-order valence-corrected chi connectivity index (χ0v) is 30.7. The van der Waals surface area contributed by atoms with Gasteiger partial charge in [0, 0.05) is 29.3 Å². The molecule has 5 rings (SSSR count). The van der Waals surface area contributed by atoms with Crippen LogP contribution < -0.4 is 18.9 Å². The highest BCUT2D eigenvalue weighted by atomic mass is 32.1. The third kappa shape index (κ3) is 10.6. The number of rotatable bonds is 10. The second-order valence-electron chi connectivity index (χ2n) is 10.2. The molecule has 0 bridgehead atoms. The van der Waals surface area contributed by atoms with E-state index in [1.54, 1.807) is 0 Å². The summed E-state index contributed by atoms with van der Waals surface area (Å²) >= 11 is 3.25. The molecule has 5 heterocycles. The van der Waals surface area contributed by atoms with E-state index in [-0.39, 0.29) is 9.75 Å². The van der Waals surface area contributed by atoms with Crippen molar-refractivity contribution < 1.29 is 71.6 Å². The van der Waals surface area contributed by atoms with Gasteiger partial charge in [-0.05, 0) is 48.6 Å². The van der Waals surface area contributed by atoms with Gasteiger partial charge in [-0.1, -0.05) is 0 Å². The maximum absolute atomic E-state index is 13.5. The molecule has 0 atom stereocenters. The summed E-state index contributed by atoms with van der Waals surface area (Å²) in [5, 5.41) is 36.4. The Labute approximate surface area is 329 Å². The van der Waals surface area contributed by atoms with E-state index < -0.39 is 79.1 Å². The first kappa shape index (κ1) is 42.4. The van der Waals surface area contributed by atoms with Gasteiger partial charge in [0.25, 0.3) is 0 Å². The van der Waals surface area contributed by atoms with Crippen molar-refractivity contribution in [2.45, 2.75) is 25.4 Å². The number of ether oxygens (including phenoxy) is 4. The van der Waals surface area contributed by atoms with E-state index in [1.807, 2.05) is 0 Å². The van der Waals surface area contributed by atoms with Crippen LogP contribution in [0.15, 0.2) is 47.5 Å². The van der Waals surface area contributed by atoms with E-state index in [9.17, 15) is 52.7 Å². The molecule has 0 aromatic carbocycles.